The number of hydrogen-bond acceptors (Lipinski definition) is 9. The monoisotopic (exact) mass is 518 g/mol. The van der Waals surface area contributed by atoms with E-state index in [-0.39, 0.29) is 0 Å². The first kappa shape index (κ1) is 24.5. The number of carboxylic acids is 1. The molecular weight excluding hydrogens is 492 g/mol. The number of carboxylic acid groups (broad SMARTS) is 1. The zero-order chi connectivity index (χ0) is 26.2. The molecule has 0 unspecified atom stereocenters. The lowest BCUT2D eigenvalue weighted by molar-refractivity contribution is -0.149. The summed E-state index contributed by atoms with van der Waals surface area (Å²) in [6.07, 6.45) is 9.51. The minimum absolute atomic E-state index is 0.403. The van der Waals surface area contributed by atoms with Crippen molar-refractivity contribution in [2.75, 3.05) is 29.4 Å². The van der Waals surface area contributed by atoms with Gasteiger partial charge in [0.25, 0.3) is 0 Å². The molecule has 4 heterocycles. The molecule has 0 atom stereocenters. The highest BCUT2D eigenvalue weighted by Gasteiger charge is 2.37. The molecule has 2 amide bonds. The zero-order valence-corrected chi connectivity index (χ0v) is 21.3. The number of nitrogens with two attached hydrogens (primary N) is 1. The summed E-state index contributed by atoms with van der Waals surface area (Å²) in [6.45, 7) is 5.20. The summed E-state index contributed by atoms with van der Waals surface area (Å²) in [5.41, 5.74) is 8.69. The van der Waals surface area contributed by atoms with E-state index in [2.05, 4.69) is 19.9 Å². The Morgan fingerprint density at radius 2 is 1.84 bits per heavy atom. The predicted molar refractivity (Wildman–Crippen MR) is 141 cm³/mol. The van der Waals surface area contributed by atoms with E-state index in [9.17, 15) is 14.7 Å². The highest BCUT2D eigenvalue weighted by molar-refractivity contribution is 7.23. The third kappa shape index (κ3) is 4.67. The molecule has 3 aromatic heterocycles. The van der Waals surface area contributed by atoms with Crippen LogP contribution in [0, 0.1) is 5.41 Å². The number of carbonyl (C=O) groups excluding carboxylic acids is 1. The summed E-state index contributed by atoms with van der Waals surface area (Å²) in [5, 5.41) is 9.99. The molecular formula is C25H26N8O3S. The van der Waals surface area contributed by atoms with E-state index in [0.717, 1.165) is 21.4 Å². The molecule has 1 fully saturated rings. The van der Waals surface area contributed by atoms with Gasteiger partial charge in [-0.15, -0.1) is 0 Å². The summed E-state index contributed by atoms with van der Waals surface area (Å²) in [7, 11) is 0. The number of anilines is 2. The van der Waals surface area contributed by atoms with Crippen molar-refractivity contribution in [2.45, 2.75) is 26.7 Å². The lowest BCUT2D eigenvalue weighted by Crippen LogP contribution is -2.43. The van der Waals surface area contributed by atoms with Crippen LogP contribution < -0.4 is 15.5 Å². The third-order valence-electron chi connectivity index (χ3n) is 6.77. The van der Waals surface area contributed by atoms with Gasteiger partial charge in [-0.05, 0) is 44.4 Å². The van der Waals surface area contributed by atoms with Crippen LogP contribution in [0.3, 0.4) is 0 Å². The number of fused-ring (bicyclic) bond motifs is 1. The summed E-state index contributed by atoms with van der Waals surface area (Å²) < 4.78 is 0.867. The molecule has 11 nitrogen and oxygen atoms in total. The Bertz CT molecular complexity index is 1450. The van der Waals surface area contributed by atoms with Gasteiger partial charge >= 0.3 is 12.0 Å². The van der Waals surface area contributed by atoms with Gasteiger partial charge in [0.05, 0.1) is 27.5 Å². The number of carbonyl (C=O) groups is 2. The van der Waals surface area contributed by atoms with Gasteiger partial charge in [0, 0.05) is 55.5 Å². The molecule has 1 aliphatic rings. The van der Waals surface area contributed by atoms with Crippen molar-refractivity contribution in [3.8, 4) is 22.4 Å². The molecule has 1 saturated heterocycles. The number of aliphatic carboxylic acids is 1. The van der Waals surface area contributed by atoms with Crippen LogP contribution in [0.1, 0.15) is 26.7 Å². The summed E-state index contributed by atoms with van der Waals surface area (Å²) >= 11 is 1.37. The second-order valence-electron chi connectivity index (χ2n) is 9.17. The van der Waals surface area contributed by atoms with E-state index in [1.54, 1.807) is 37.9 Å². The number of thiazole rings is 1. The maximum atomic E-state index is 11.9. The van der Waals surface area contributed by atoms with E-state index in [0.29, 0.717) is 54.8 Å². The molecule has 0 spiro atoms. The standard InChI is InChI=1S/C25H26N8O3S/c1-3-33(22(26)36)24-31-18-11-15(10-17(20(18)37-24)19-14-27-6-7-28-19)16-12-29-23(30-13-16)32-8-4-25(2,5-9-32)21(34)35/h6-7,10-14H,3-5,8-9H2,1-2H3,(H2,26,36)(H,34,35). The first-order valence-electron chi connectivity index (χ1n) is 11.9. The minimum Gasteiger partial charge on any atom is -0.481 e. The number of amides is 2. The zero-order valence-electron chi connectivity index (χ0n) is 20.5. The van der Waals surface area contributed by atoms with Crippen LogP contribution in [0.4, 0.5) is 15.9 Å². The topological polar surface area (TPSA) is 151 Å². The quantitative estimate of drug-likeness (QED) is 0.388. The number of hydrogen-bond donors (Lipinski definition) is 2. The van der Waals surface area contributed by atoms with Crippen molar-refractivity contribution in [2.24, 2.45) is 11.1 Å². The first-order valence-corrected chi connectivity index (χ1v) is 12.7. The fraction of sp³-hybridized carbons (Fsp3) is 0.320. The number of benzene rings is 1. The largest absolute Gasteiger partial charge is 0.481 e. The Balaban J connectivity index is 1.50. The fourth-order valence-electron chi connectivity index (χ4n) is 4.36. The number of nitrogens with zero attached hydrogens (tertiary/aromatic N) is 7. The third-order valence-corrected chi connectivity index (χ3v) is 7.90. The maximum absolute atomic E-state index is 11.9. The van der Waals surface area contributed by atoms with Crippen LogP contribution in [0.25, 0.3) is 32.6 Å². The Morgan fingerprint density at radius 1 is 1.11 bits per heavy atom. The van der Waals surface area contributed by atoms with Crippen molar-refractivity contribution in [1.82, 2.24) is 24.9 Å². The number of piperidine rings is 1. The van der Waals surface area contributed by atoms with E-state index in [4.69, 9.17) is 10.7 Å². The van der Waals surface area contributed by atoms with Gasteiger partial charge in [-0.1, -0.05) is 11.3 Å². The van der Waals surface area contributed by atoms with Crippen molar-refractivity contribution in [3.63, 3.8) is 0 Å². The highest BCUT2D eigenvalue weighted by atomic mass is 32.1. The fourth-order valence-corrected chi connectivity index (χ4v) is 5.50. The van der Waals surface area contributed by atoms with Gasteiger partial charge in [-0.3, -0.25) is 19.7 Å². The van der Waals surface area contributed by atoms with E-state index < -0.39 is 17.4 Å². The van der Waals surface area contributed by atoms with Crippen LogP contribution in [0.5, 0.6) is 0 Å². The summed E-state index contributed by atoms with van der Waals surface area (Å²) in [6, 6.07) is 3.36. The minimum atomic E-state index is -0.763. The Labute approximate surface area is 217 Å². The lowest BCUT2D eigenvalue weighted by Gasteiger charge is -2.36. The number of aromatic nitrogens is 5. The van der Waals surface area contributed by atoms with E-state index >= 15 is 0 Å². The SMILES string of the molecule is CCN(C(N)=O)c1nc2cc(-c3cnc(N4CCC(C)(C(=O)O)CC4)nc3)cc(-c3cnccn3)c2s1. The molecule has 3 N–H and O–H groups in total. The molecule has 5 rings (SSSR count). The molecule has 0 aliphatic carbocycles. The van der Waals surface area contributed by atoms with Gasteiger partial charge in [-0.25, -0.2) is 19.7 Å². The Hall–Kier alpha value is -4.19. The molecule has 12 heteroatoms. The Morgan fingerprint density at radius 3 is 2.43 bits per heavy atom. The van der Waals surface area contributed by atoms with Gasteiger partial charge in [0.2, 0.25) is 5.95 Å². The number of primary amides is 1. The molecule has 4 aromatic rings. The number of rotatable bonds is 6. The van der Waals surface area contributed by atoms with Crippen LogP contribution in [-0.2, 0) is 4.79 Å². The molecule has 0 radical (unpaired) electrons. The lowest BCUT2D eigenvalue weighted by atomic mass is 9.80. The van der Waals surface area contributed by atoms with Crippen LogP contribution >= 0.6 is 11.3 Å². The summed E-state index contributed by atoms with van der Waals surface area (Å²) in [5.74, 6) is -0.191. The molecule has 190 valence electrons. The van der Waals surface area contributed by atoms with E-state index in [1.165, 1.54) is 16.2 Å². The molecule has 37 heavy (non-hydrogen) atoms. The first-order chi connectivity index (χ1) is 17.8. The van der Waals surface area contributed by atoms with Crippen LogP contribution in [0.2, 0.25) is 0 Å². The number of urea groups is 1. The second-order valence-corrected chi connectivity index (χ2v) is 10.1. The van der Waals surface area contributed by atoms with Crippen LogP contribution in [-0.4, -0.2) is 61.7 Å². The van der Waals surface area contributed by atoms with Gasteiger partial charge in [0.1, 0.15) is 0 Å². The molecule has 1 aliphatic heterocycles. The smallest absolute Gasteiger partial charge is 0.321 e. The predicted octanol–water partition coefficient (Wildman–Crippen LogP) is 3.81. The molecule has 1 aromatic carbocycles. The van der Waals surface area contributed by atoms with Gasteiger partial charge < -0.3 is 15.7 Å². The van der Waals surface area contributed by atoms with Crippen molar-refractivity contribution in [1.29, 1.82) is 0 Å². The molecule has 0 saturated carbocycles. The van der Waals surface area contributed by atoms with Crippen molar-refractivity contribution in [3.05, 3.63) is 43.1 Å². The maximum Gasteiger partial charge on any atom is 0.321 e. The summed E-state index contributed by atoms with van der Waals surface area (Å²) in [4.78, 5) is 49.4. The van der Waals surface area contributed by atoms with E-state index in [1.807, 2.05) is 24.0 Å². The highest BCUT2D eigenvalue weighted by Crippen LogP contribution is 2.39. The normalized spacial score (nSPS) is 15.0. The van der Waals surface area contributed by atoms with Gasteiger partial charge in [0.15, 0.2) is 5.13 Å². The van der Waals surface area contributed by atoms with Crippen molar-refractivity contribution >= 4 is 44.6 Å². The second kappa shape index (κ2) is 9.69. The van der Waals surface area contributed by atoms with Gasteiger partial charge in [-0.2, -0.15) is 0 Å². The van der Waals surface area contributed by atoms with Crippen molar-refractivity contribution < 1.29 is 14.7 Å². The average Bonchev–Trinajstić information content (AvgIpc) is 3.33. The average molecular weight is 519 g/mol. The van der Waals surface area contributed by atoms with Crippen LogP contribution in [0.15, 0.2) is 43.1 Å². The molecule has 0 bridgehead atoms. The Kier molecular flexibility index (Phi) is 6.42.